The number of aromatic nitrogens is 6. The number of thioether (sulfide) groups is 1. The van der Waals surface area contributed by atoms with Crippen LogP contribution in [0, 0.1) is 0 Å². The first-order valence-electron chi connectivity index (χ1n) is 10.4. The number of nitrogens with zero attached hydrogens (tertiary/aromatic N) is 7. The van der Waals surface area contributed by atoms with E-state index in [1.54, 1.807) is 0 Å². The molecule has 0 radical (unpaired) electrons. The van der Waals surface area contributed by atoms with Crippen molar-refractivity contribution in [2.45, 2.75) is 25.1 Å². The molecule has 0 aliphatic rings. The lowest BCUT2D eigenvalue weighted by atomic mass is 10.2. The predicted octanol–water partition coefficient (Wildman–Crippen LogP) is 4.34. The number of rotatable bonds is 9. The molecule has 0 unspecified atom stereocenters. The number of benzene rings is 2. The van der Waals surface area contributed by atoms with E-state index in [0.29, 0.717) is 0 Å². The van der Waals surface area contributed by atoms with E-state index in [1.807, 2.05) is 94.2 Å². The summed E-state index contributed by atoms with van der Waals surface area (Å²) < 4.78 is 3.66. The predicted molar refractivity (Wildman–Crippen MR) is 125 cm³/mol. The van der Waals surface area contributed by atoms with Gasteiger partial charge in [-0.3, -0.25) is 4.90 Å². The summed E-state index contributed by atoms with van der Waals surface area (Å²) in [7, 11) is 2.13. The van der Waals surface area contributed by atoms with Crippen LogP contribution in [-0.4, -0.2) is 54.2 Å². The molecular formula is C23H27N7S. The third kappa shape index (κ3) is 5.21. The zero-order chi connectivity index (χ0) is 21.6. The molecule has 0 bridgehead atoms. The van der Waals surface area contributed by atoms with Gasteiger partial charge in [-0.15, -0.1) is 10.2 Å². The maximum atomic E-state index is 4.38. The van der Waals surface area contributed by atoms with E-state index in [1.165, 1.54) is 0 Å². The standard InChI is InChI=1S/C23H27N7S/c1-18(22-16-29(26-24-22)20-10-6-4-7-11-20)28(3)14-15-31-19(2)23-17-30(27-25-23)21-12-8-5-9-13-21/h4-13,16-19H,14-15H2,1-3H3/t18-,19+/m0/s1. The minimum absolute atomic E-state index is 0.187. The van der Waals surface area contributed by atoms with Crippen LogP contribution in [0.25, 0.3) is 11.4 Å². The van der Waals surface area contributed by atoms with Crippen molar-refractivity contribution in [1.82, 2.24) is 34.9 Å². The lowest BCUT2D eigenvalue weighted by molar-refractivity contribution is 0.273. The fraction of sp³-hybridized carbons (Fsp3) is 0.304. The Balaban J connectivity index is 1.28. The molecule has 4 aromatic rings. The molecule has 31 heavy (non-hydrogen) atoms. The Labute approximate surface area is 187 Å². The highest BCUT2D eigenvalue weighted by molar-refractivity contribution is 7.99. The summed E-state index contributed by atoms with van der Waals surface area (Å²) in [5, 5.41) is 17.6. The summed E-state index contributed by atoms with van der Waals surface area (Å²) in [5.74, 6) is 0.993. The van der Waals surface area contributed by atoms with Crippen molar-refractivity contribution >= 4 is 11.8 Å². The molecule has 160 valence electrons. The first-order chi connectivity index (χ1) is 15.1. The second-order valence-corrected chi connectivity index (χ2v) is 8.97. The Kier molecular flexibility index (Phi) is 6.79. The quantitative estimate of drug-likeness (QED) is 0.391. The molecule has 2 heterocycles. The maximum absolute atomic E-state index is 4.38. The fourth-order valence-electron chi connectivity index (χ4n) is 3.22. The van der Waals surface area contributed by atoms with Gasteiger partial charge in [0.15, 0.2) is 0 Å². The normalized spacial score (nSPS) is 13.4. The molecule has 0 amide bonds. The zero-order valence-electron chi connectivity index (χ0n) is 18.0. The van der Waals surface area contributed by atoms with Crippen molar-refractivity contribution in [1.29, 1.82) is 0 Å². The van der Waals surface area contributed by atoms with Gasteiger partial charge in [-0.05, 0) is 45.2 Å². The van der Waals surface area contributed by atoms with Gasteiger partial charge in [0, 0.05) is 17.5 Å². The van der Waals surface area contributed by atoms with Crippen LogP contribution in [0.2, 0.25) is 0 Å². The van der Waals surface area contributed by atoms with Crippen molar-refractivity contribution < 1.29 is 0 Å². The van der Waals surface area contributed by atoms with Gasteiger partial charge in [0.1, 0.15) is 0 Å². The van der Waals surface area contributed by atoms with Crippen LogP contribution in [-0.2, 0) is 0 Å². The van der Waals surface area contributed by atoms with Crippen molar-refractivity contribution in [3.63, 3.8) is 0 Å². The van der Waals surface area contributed by atoms with Crippen LogP contribution in [0.5, 0.6) is 0 Å². The van der Waals surface area contributed by atoms with Gasteiger partial charge in [-0.1, -0.05) is 46.8 Å². The third-order valence-corrected chi connectivity index (χ3v) is 6.54. The molecule has 7 nitrogen and oxygen atoms in total. The number of hydrogen-bond acceptors (Lipinski definition) is 6. The largest absolute Gasteiger partial charge is 0.297 e. The molecule has 0 N–H and O–H groups in total. The Morgan fingerprint density at radius 1 is 0.806 bits per heavy atom. The van der Waals surface area contributed by atoms with Crippen molar-refractivity contribution in [2.75, 3.05) is 19.3 Å². The first kappa shape index (κ1) is 21.3. The lowest BCUT2D eigenvalue weighted by Crippen LogP contribution is -2.25. The number of hydrogen-bond donors (Lipinski definition) is 0. The molecule has 2 aromatic carbocycles. The smallest absolute Gasteiger partial charge is 0.1000 e. The average Bonchev–Trinajstić information content (AvgIpc) is 3.50. The van der Waals surface area contributed by atoms with Crippen molar-refractivity contribution in [2.24, 2.45) is 0 Å². The summed E-state index contributed by atoms with van der Waals surface area (Å²) in [6, 6.07) is 20.3. The fourth-order valence-corrected chi connectivity index (χ4v) is 4.25. The van der Waals surface area contributed by atoms with Crippen LogP contribution in [0.1, 0.15) is 36.5 Å². The van der Waals surface area contributed by atoms with Crippen LogP contribution < -0.4 is 0 Å². The van der Waals surface area contributed by atoms with Crippen LogP contribution in [0.15, 0.2) is 73.1 Å². The van der Waals surface area contributed by atoms with Gasteiger partial charge < -0.3 is 0 Å². The van der Waals surface area contributed by atoms with E-state index >= 15 is 0 Å². The first-order valence-corrected chi connectivity index (χ1v) is 11.4. The molecule has 8 heteroatoms. The van der Waals surface area contributed by atoms with Gasteiger partial charge >= 0.3 is 0 Å². The Bertz CT molecular complexity index is 1080. The van der Waals surface area contributed by atoms with E-state index in [9.17, 15) is 0 Å². The molecule has 0 aliphatic carbocycles. The average molecular weight is 434 g/mol. The highest BCUT2D eigenvalue weighted by Crippen LogP contribution is 2.27. The molecule has 2 aromatic heterocycles. The summed E-state index contributed by atoms with van der Waals surface area (Å²) in [6.45, 7) is 5.29. The van der Waals surface area contributed by atoms with E-state index in [-0.39, 0.29) is 11.3 Å². The Hall–Kier alpha value is -2.97. The van der Waals surface area contributed by atoms with Crippen LogP contribution in [0.3, 0.4) is 0 Å². The second-order valence-electron chi connectivity index (χ2n) is 7.52. The molecule has 2 atom stereocenters. The maximum Gasteiger partial charge on any atom is 0.1000 e. The van der Waals surface area contributed by atoms with E-state index in [2.05, 4.69) is 46.4 Å². The summed E-state index contributed by atoms with van der Waals surface area (Å²) in [4.78, 5) is 2.31. The summed E-state index contributed by atoms with van der Waals surface area (Å²) >= 11 is 1.88. The Morgan fingerprint density at radius 3 is 1.90 bits per heavy atom. The van der Waals surface area contributed by atoms with E-state index in [4.69, 9.17) is 0 Å². The zero-order valence-corrected chi connectivity index (χ0v) is 18.9. The third-order valence-electron chi connectivity index (χ3n) is 5.38. The van der Waals surface area contributed by atoms with Crippen LogP contribution in [0.4, 0.5) is 0 Å². The summed E-state index contributed by atoms with van der Waals surface area (Å²) in [5.41, 5.74) is 4.00. The molecule has 0 saturated heterocycles. The highest BCUT2D eigenvalue weighted by Gasteiger charge is 2.17. The monoisotopic (exact) mass is 433 g/mol. The Morgan fingerprint density at radius 2 is 1.32 bits per heavy atom. The van der Waals surface area contributed by atoms with Gasteiger partial charge in [-0.2, -0.15) is 11.8 Å². The van der Waals surface area contributed by atoms with Gasteiger partial charge in [0.05, 0.1) is 41.2 Å². The minimum Gasteiger partial charge on any atom is -0.297 e. The summed E-state index contributed by atoms with van der Waals surface area (Å²) in [6.07, 6.45) is 4.02. The van der Waals surface area contributed by atoms with Crippen molar-refractivity contribution in [3.05, 3.63) is 84.4 Å². The molecule has 0 aliphatic heterocycles. The number of para-hydroxylation sites is 2. The highest BCUT2D eigenvalue weighted by atomic mass is 32.2. The SMILES string of the molecule is C[C@@H](SCCN(C)[C@@H](C)c1cn(-c2ccccc2)nn1)c1cn(-c2ccccc2)nn1. The molecular weight excluding hydrogens is 406 g/mol. The van der Waals surface area contributed by atoms with E-state index < -0.39 is 0 Å². The van der Waals surface area contributed by atoms with Gasteiger partial charge in [0.2, 0.25) is 0 Å². The minimum atomic E-state index is 0.187. The van der Waals surface area contributed by atoms with Gasteiger partial charge in [0.25, 0.3) is 0 Å². The molecule has 4 rings (SSSR count). The van der Waals surface area contributed by atoms with Crippen LogP contribution >= 0.6 is 11.8 Å². The van der Waals surface area contributed by atoms with E-state index in [0.717, 1.165) is 35.1 Å². The van der Waals surface area contributed by atoms with Gasteiger partial charge in [-0.25, -0.2) is 9.36 Å². The van der Waals surface area contributed by atoms with Crippen molar-refractivity contribution in [3.8, 4) is 11.4 Å². The topological polar surface area (TPSA) is 64.7 Å². The molecule has 0 spiro atoms. The lowest BCUT2D eigenvalue weighted by Gasteiger charge is -2.23. The molecule has 0 fully saturated rings. The molecule has 0 saturated carbocycles. The second kappa shape index (κ2) is 9.89.